The third-order valence-corrected chi connectivity index (χ3v) is 11.7. The van der Waals surface area contributed by atoms with Crippen molar-refractivity contribution < 1.29 is 0 Å². The van der Waals surface area contributed by atoms with Crippen LogP contribution in [0.5, 0.6) is 0 Å². The van der Waals surface area contributed by atoms with Gasteiger partial charge in [0.1, 0.15) is 0 Å². The first-order valence-corrected chi connectivity index (χ1v) is 18.3. The van der Waals surface area contributed by atoms with E-state index in [2.05, 4.69) is 191 Å². The molecule has 3 aromatic heterocycles. The molecule has 0 spiro atoms. The van der Waals surface area contributed by atoms with Crippen LogP contribution in [0.15, 0.2) is 182 Å². The van der Waals surface area contributed by atoms with Crippen LogP contribution in [0.25, 0.3) is 97.4 Å². The minimum Gasteiger partial charge on any atom is -0.309 e. The maximum absolute atomic E-state index is 2.49. The average molecular weight is 667 g/mol. The molecular weight excluding hydrogens is 637 g/mol. The Morgan fingerprint density at radius 2 is 0.941 bits per heavy atom. The van der Waals surface area contributed by atoms with Crippen LogP contribution in [0.4, 0.5) is 0 Å². The summed E-state index contributed by atoms with van der Waals surface area (Å²) < 4.78 is 7.54. The van der Waals surface area contributed by atoms with E-state index in [-0.39, 0.29) is 0 Å². The summed E-state index contributed by atoms with van der Waals surface area (Å²) in [4.78, 5) is 0. The van der Waals surface area contributed by atoms with Gasteiger partial charge < -0.3 is 9.13 Å². The van der Waals surface area contributed by atoms with Gasteiger partial charge in [-0.05, 0) is 76.9 Å². The normalized spacial score (nSPS) is 11.9. The van der Waals surface area contributed by atoms with Gasteiger partial charge in [0.15, 0.2) is 0 Å². The molecular formula is C48H30N2S. The van der Waals surface area contributed by atoms with Gasteiger partial charge in [0, 0.05) is 47.4 Å². The number of hydrogen-bond donors (Lipinski definition) is 0. The summed E-state index contributed by atoms with van der Waals surface area (Å²) in [5, 5.41) is 7.68. The number of benzene rings is 8. The van der Waals surface area contributed by atoms with Crippen LogP contribution in [-0.4, -0.2) is 9.13 Å². The van der Waals surface area contributed by atoms with Crippen LogP contribution in [0.2, 0.25) is 0 Å². The van der Waals surface area contributed by atoms with Crippen LogP contribution in [0.3, 0.4) is 0 Å². The van der Waals surface area contributed by atoms with Crippen molar-refractivity contribution in [2.45, 2.75) is 0 Å². The molecule has 0 saturated heterocycles. The van der Waals surface area contributed by atoms with Crippen LogP contribution in [0.1, 0.15) is 0 Å². The summed E-state index contributed by atoms with van der Waals surface area (Å²) in [6, 6.07) is 66.6. The Labute approximate surface area is 298 Å². The first-order chi connectivity index (χ1) is 25.3. The third-order valence-electron chi connectivity index (χ3n) is 10.5. The lowest BCUT2D eigenvalue weighted by Gasteiger charge is -2.12. The number of hydrogen-bond acceptors (Lipinski definition) is 1. The molecule has 2 nitrogen and oxygen atoms in total. The fraction of sp³-hybridized carbons (Fsp3) is 0. The van der Waals surface area contributed by atoms with E-state index < -0.39 is 0 Å². The Balaban J connectivity index is 1.16. The predicted molar refractivity (Wildman–Crippen MR) is 219 cm³/mol. The molecule has 0 aliphatic heterocycles. The minimum absolute atomic E-state index is 1.16. The minimum atomic E-state index is 1.16. The molecule has 8 aromatic carbocycles. The number of fused-ring (bicyclic) bond motifs is 9. The smallest absolute Gasteiger partial charge is 0.0555 e. The Kier molecular flexibility index (Phi) is 6.16. The van der Waals surface area contributed by atoms with E-state index in [1.807, 2.05) is 11.3 Å². The second-order valence-electron chi connectivity index (χ2n) is 13.3. The first-order valence-electron chi connectivity index (χ1n) is 17.4. The van der Waals surface area contributed by atoms with Gasteiger partial charge in [-0.25, -0.2) is 0 Å². The summed E-state index contributed by atoms with van der Waals surface area (Å²) >= 11 is 1.87. The molecule has 0 fully saturated rings. The SMILES string of the molecule is c1ccc(-c2ccc(-n3c4ccccc4c4ccc(-c5cccc6c5c5ccccc5n6-c5cccc6sc7ccccc7c56)cc43)cc2)cc1. The van der Waals surface area contributed by atoms with Gasteiger partial charge in [-0.2, -0.15) is 0 Å². The van der Waals surface area contributed by atoms with E-state index in [1.54, 1.807) is 0 Å². The Hall–Kier alpha value is -6.42. The average Bonchev–Trinajstić information content (AvgIpc) is 3.86. The van der Waals surface area contributed by atoms with E-state index in [0.717, 1.165) is 5.69 Å². The lowest BCUT2D eigenvalue weighted by molar-refractivity contribution is 1.18. The van der Waals surface area contributed by atoms with Gasteiger partial charge in [0.05, 0.1) is 27.8 Å². The molecule has 0 N–H and O–H groups in total. The van der Waals surface area contributed by atoms with E-state index in [4.69, 9.17) is 0 Å². The zero-order valence-corrected chi connectivity index (χ0v) is 28.4. The highest BCUT2D eigenvalue weighted by Gasteiger charge is 2.20. The van der Waals surface area contributed by atoms with Gasteiger partial charge >= 0.3 is 0 Å². The highest BCUT2D eigenvalue weighted by Crippen LogP contribution is 2.44. The van der Waals surface area contributed by atoms with Crippen LogP contribution < -0.4 is 0 Å². The summed E-state index contributed by atoms with van der Waals surface area (Å²) in [6.45, 7) is 0. The van der Waals surface area contributed by atoms with Crippen molar-refractivity contribution in [3.8, 4) is 33.6 Å². The van der Waals surface area contributed by atoms with E-state index >= 15 is 0 Å². The van der Waals surface area contributed by atoms with Crippen molar-refractivity contribution in [1.82, 2.24) is 9.13 Å². The lowest BCUT2D eigenvalue weighted by Crippen LogP contribution is -1.95. The molecule has 0 aliphatic carbocycles. The Bertz CT molecular complexity index is 3120. The first kappa shape index (κ1) is 28.4. The molecule has 11 aromatic rings. The van der Waals surface area contributed by atoms with Crippen molar-refractivity contribution in [2.24, 2.45) is 0 Å². The topological polar surface area (TPSA) is 9.86 Å². The molecule has 51 heavy (non-hydrogen) atoms. The molecule has 11 rings (SSSR count). The largest absolute Gasteiger partial charge is 0.309 e. The fourth-order valence-corrected chi connectivity index (χ4v) is 9.44. The zero-order chi connectivity index (χ0) is 33.5. The van der Waals surface area contributed by atoms with Crippen LogP contribution in [-0.2, 0) is 0 Å². The van der Waals surface area contributed by atoms with Gasteiger partial charge in [-0.1, -0.05) is 127 Å². The molecule has 0 unspecified atom stereocenters. The predicted octanol–water partition coefficient (Wildman–Crippen LogP) is 13.6. The number of thiophene rings is 1. The maximum atomic E-state index is 2.49. The van der Waals surface area contributed by atoms with Crippen molar-refractivity contribution in [2.75, 3.05) is 0 Å². The third kappa shape index (κ3) is 4.22. The summed E-state index contributed by atoms with van der Waals surface area (Å²) in [5.74, 6) is 0. The van der Waals surface area contributed by atoms with Crippen LogP contribution >= 0.6 is 11.3 Å². The highest BCUT2D eigenvalue weighted by molar-refractivity contribution is 7.25. The maximum Gasteiger partial charge on any atom is 0.0555 e. The highest BCUT2D eigenvalue weighted by atomic mass is 32.1. The number of aromatic nitrogens is 2. The lowest BCUT2D eigenvalue weighted by atomic mass is 9.98. The molecule has 0 amide bonds. The Morgan fingerprint density at radius 1 is 0.333 bits per heavy atom. The summed E-state index contributed by atoms with van der Waals surface area (Å²) in [5.41, 5.74) is 12.1. The second-order valence-corrected chi connectivity index (χ2v) is 14.4. The standard InChI is InChI=1S/C48H30N2S/c1-2-12-31(13-3-1)32-24-27-34(28-25-32)49-40-18-7-4-14-36(40)37-29-26-33(30-44(37)49)35-17-10-20-42-47(35)38-15-5-8-19-41(38)50(42)43-21-11-23-46-48(43)39-16-6-9-22-45(39)51-46/h1-30H. The molecule has 0 bridgehead atoms. The molecule has 0 saturated carbocycles. The van der Waals surface area contributed by atoms with Crippen molar-refractivity contribution >= 4 is 75.1 Å². The summed E-state index contributed by atoms with van der Waals surface area (Å²) in [6.07, 6.45) is 0. The fourth-order valence-electron chi connectivity index (χ4n) is 8.31. The molecule has 0 aliphatic rings. The van der Waals surface area contributed by atoms with E-state index in [9.17, 15) is 0 Å². The summed E-state index contributed by atoms with van der Waals surface area (Å²) in [7, 11) is 0. The second kappa shape index (κ2) is 11.0. The van der Waals surface area contributed by atoms with E-state index in [1.165, 1.54) is 91.7 Å². The molecule has 0 atom stereocenters. The quantitative estimate of drug-likeness (QED) is 0.177. The van der Waals surface area contributed by atoms with E-state index in [0.29, 0.717) is 0 Å². The van der Waals surface area contributed by atoms with Crippen molar-refractivity contribution in [1.29, 1.82) is 0 Å². The van der Waals surface area contributed by atoms with Gasteiger partial charge in [-0.3, -0.25) is 0 Å². The van der Waals surface area contributed by atoms with Crippen LogP contribution in [0, 0.1) is 0 Å². The van der Waals surface area contributed by atoms with Crippen molar-refractivity contribution in [3.05, 3.63) is 182 Å². The van der Waals surface area contributed by atoms with Gasteiger partial charge in [0.2, 0.25) is 0 Å². The number of rotatable bonds is 4. The molecule has 0 radical (unpaired) electrons. The molecule has 238 valence electrons. The Morgan fingerprint density at radius 3 is 1.78 bits per heavy atom. The molecule has 3 heteroatoms. The van der Waals surface area contributed by atoms with Gasteiger partial charge in [-0.15, -0.1) is 11.3 Å². The van der Waals surface area contributed by atoms with Crippen molar-refractivity contribution in [3.63, 3.8) is 0 Å². The van der Waals surface area contributed by atoms with Gasteiger partial charge in [0.25, 0.3) is 0 Å². The molecule has 3 heterocycles. The number of para-hydroxylation sites is 2. The monoisotopic (exact) mass is 666 g/mol. The number of nitrogens with zero attached hydrogens (tertiary/aromatic N) is 2. The zero-order valence-electron chi connectivity index (χ0n) is 27.6.